The summed E-state index contributed by atoms with van der Waals surface area (Å²) < 4.78 is 41.1. The highest BCUT2D eigenvalue weighted by Crippen LogP contribution is 2.41. The summed E-state index contributed by atoms with van der Waals surface area (Å²) in [6.45, 7) is 9.80. The predicted octanol–water partition coefficient (Wildman–Crippen LogP) is 6.66. The van der Waals surface area contributed by atoms with Crippen LogP contribution in [0.15, 0.2) is 18.2 Å². The number of rotatable bonds is 4. The molecule has 0 aromatic heterocycles. The Kier molecular flexibility index (Phi) is 7.34. The lowest BCUT2D eigenvalue weighted by Crippen LogP contribution is -2.47. The zero-order valence-electron chi connectivity index (χ0n) is 17.2. The molecule has 2 amide bonds. The van der Waals surface area contributed by atoms with Crippen LogP contribution < -0.4 is 9.62 Å². The number of urea groups is 1. The molecule has 3 atom stereocenters. The molecule has 1 saturated carbocycles. The number of amides is 2. The first-order chi connectivity index (χ1) is 12.9. The predicted molar refractivity (Wildman–Crippen MR) is 111 cm³/mol. The molecule has 0 heterocycles. The normalized spacial score (nSPS) is 23.2. The van der Waals surface area contributed by atoms with Gasteiger partial charge >= 0.3 is 12.2 Å². The Hall–Kier alpha value is -1.37. The van der Waals surface area contributed by atoms with Crippen LogP contribution in [0.2, 0.25) is 0 Å². The molecular weight excluding hydrogens is 385 g/mol. The summed E-state index contributed by atoms with van der Waals surface area (Å²) >= 11 is 4.44. The zero-order chi connectivity index (χ0) is 21.2. The van der Waals surface area contributed by atoms with Gasteiger partial charge in [-0.2, -0.15) is 13.2 Å². The number of carbonyl (C=O) groups excluding carboxylic acids is 1. The standard InChI is InChI=1S/C21H31F3N2OS/c1-12(2)16-7-6-8-17(13(3)4)19(16)26(28)20(27)25-15-10-9-14(5)18(11-15)21(22,23)24/h6-8,12-15,18,28H,9-11H2,1-5H3,(H,25,27). The molecule has 0 bridgehead atoms. The van der Waals surface area contributed by atoms with Gasteiger partial charge in [0, 0.05) is 6.04 Å². The highest BCUT2D eigenvalue weighted by atomic mass is 32.1. The van der Waals surface area contributed by atoms with Crippen LogP contribution >= 0.6 is 12.8 Å². The third kappa shape index (κ3) is 5.16. The van der Waals surface area contributed by atoms with Gasteiger partial charge in [0.05, 0.1) is 11.6 Å². The Labute approximate surface area is 171 Å². The highest BCUT2D eigenvalue weighted by molar-refractivity contribution is 7.82. The Morgan fingerprint density at radius 3 is 2.14 bits per heavy atom. The summed E-state index contributed by atoms with van der Waals surface area (Å²) in [5.74, 6) is -1.44. The largest absolute Gasteiger partial charge is 0.392 e. The van der Waals surface area contributed by atoms with E-state index in [0.29, 0.717) is 12.8 Å². The minimum Gasteiger partial charge on any atom is -0.334 e. The van der Waals surface area contributed by atoms with Crippen molar-refractivity contribution in [1.82, 2.24) is 5.32 Å². The number of carbonyl (C=O) groups is 1. The van der Waals surface area contributed by atoms with E-state index in [0.717, 1.165) is 16.8 Å². The van der Waals surface area contributed by atoms with Crippen molar-refractivity contribution in [3.05, 3.63) is 29.3 Å². The average Bonchev–Trinajstić information content (AvgIpc) is 2.60. The summed E-state index contributed by atoms with van der Waals surface area (Å²) in [5, 5.41) is 2.78. The van der Waals surface area contributed by atoms with Crippen LogP contribution in [-0.2, 0) is 0 Å². The van der Waals surface area contributed by atoms with E-state index in [-0.39, 0.29) is 18.3 Å². The number of hydrogen-bond acceptors (Lipinski definition) is 2. The molecule has 158 valence electrons. The minimum atomic E-state index is -4.24. The van der Waals surface area contributed by atoms with Gasteiger partial charge in [-0.3, -0.25) is 0 Å². The number of alkyl halides is 3. The Morgan fingerprint density at radius 2 is 1.68 bits per heavy atom. The maximum atomic E-state index is 13.3. The number of para-hydroxylation sites is 1. The highest BCUT2D eigenvalue weighted by Gasteiger charge is 2.46. The topological polar surface area (TPSA) is 32.3 Å². The van der Waals surface area contributed by atoms with Crippen LogP contribution in [-0.4, -0.2) is 18.2 Å². The van der Waals surface area contributed by atoms with Crippen LogP contribution in [0.1, 0.15) is 76.8 Å². The molecule has 1 aliphatic rings. The summed E-state index contributed by atoms with van der Waals surface area (Å²) in [4.78, 5) is 12.9. The molecule has 1 aromatic carbocycles. The number of nitrogens with zero attached hydrogens (tertiary/aromatic N) is 1. The molecule has 28 heavy (non-hydrogen) atoms. The van der Waals surface area contributed by atoms with Crippen LogP contribution in [0, 0.1) is 11.8 Å². The van der Waals surface area contributed by atoms with Gasteiger partial charge in [0.25, 0.3) is 0 Å². The van der Waals surface area contributed by atoms with Crippen molar-refractivity contribution >= 4 is 24.5 Å². The Bertz CT molecular complexity index is 664. The van der Waals surface area contributed by atoms with E-state index in [9.17, 15) is 18.0 Å². The zero-order valence-corrected chi connectivity index (χ0v) is 18.1. The average molecular weight is 417 g/mol. The first-order valence-electron chi connectivity index (χ1n) is 9.92. The first kappa shape index (κ1) is 22.9. The lowest BCUT2D eigenvalue weighted by molar-refractivity contribution is -0.196. The quantitative estimate of drug-likeness (QED) is 0.529. The van der Waals surface area contributed by atoms with Crippen molar-refractivity contribution in [2.45, 2.75) is 77.9 Å². The molecule has 7 heteroatoms. The first-order valence-corrected chi connectivity index (χ1v) is 10.3. The monoisotopic (exact) mass is 416 g/mol. The fraction of sp³-hybridized carbons (Fsp3) is 0.667. The fourth-order valence-electron chi connectivity index (χ4n) is 4.00. The number of thiol groups is 1. The molecular formula is C21H31F3N2OS. The third-order valence-corrected chi connectivity index (χ3v) is 6.07. The van der Waals surface area contributed by atoms with E-state index in [1.54, 1.807) is 6.92 Å². The SMILES string of the molecule is CC(C)c1cccc(C(C)C)c1N(S)C(=O)NC1CCC(C)C(C(F)(F)F)C1. The number of benzene rings is 1. The fourth-order valence-corrected chi connectivity index (χ4v) is 4.29. The van der Waals surface area contributed by atoms with Crippen LogP contribution in [0.3, 0.4) is 0 Å². The smallest absolute Gasteiger partial charge is 0.334 e. The molecule has 1 aromatic rings. The van der Waals surface area contributed by atoms with Gasteiger partial charge in [-0.05, 0) is 48.1 Å². The molecule has 0 spiro atoms. The Balaban J connectivity index is 2.22. The van der Waals surface area contributed by atoms with Crippen molar-refractivity contribution in [3.8, 4) is 0 Å². The van der Waals surface area contributed by atoms with Crippen molar-refractivity contribution in [1.29, 1.82) is 0 Å². The van der Waals surface area contributed by atoms with Gasteiger partial charge < -0.3 is 5.32 Å². The second-order valence-electron chi connectivity index (χ2n) is 8.49. The second-order valence-corrected chi connectivity index (χ2v) is 8.89. The number of halogens is 3. The summed E-state index contributed by atoms with van der Waals surface area (Å²) in [6, 6.07) is 4.91. The molecule has 2 rings (SSSR count). The van der Waals surface area contributed by atoms with E-state index in [4.69, 9.17) is 0 Å². The molecule has 0 radical (unpaired) electrons. The van der Waals surface area contributed by atoms with E-state index in [1.807, 2.05) is 45.9 Å². The maximum Gasteiger partial charge on any atom is 0.392 e. The van der Waals surface area contributed by atoms with Crippen LogP contribution in [0.5, 0.6) is 0 Å². The molecule has 1 N–H and O–H groups in total. The van der Waals surface area contributed by atoms with Gasteiger partial charge in [0.15, 0.2) is 0 Å². The summed E-state index contributed by atoms with van der Waals surface area (Å²) in [6.07, 6.45) is -3.33. The molecule has 0 saturated heterocycles. The van der Waals surface area contributed by atoms with Gasteiger partial charge in [-0.15, -0.1) is 0 Å². The third-order valence-electron chi connectivity index (χ3n) is 5.69. The van der Waals surface area contributed by atoms with Crippen molar-refractivity contribution in [2.24, 2.45) is 11.8 Å². The number of nitrogens with one attached hydrogen (secondary N) is 1. The molecule has 3 nitrogen and oxygen atoms in total. The van der Waals surface area contributed by atoms with Crippen LogP contribution in [0.4, 0.5) is 23.7 Å². The minimum absolute atomic E-state index is 0.0825. The number of anilines is 1. The lowest BCUT2D eigenvalue weighted by Gasteiger charge is -2.36. The van der Waals surface area contributed by atoms with Crippen molar-refractivity contribution in [2.75, 3.05) is 4.31 Å². The van der Waals surface area contributed by atoms with Gasteiger partial charge in [0.1, 0.15) is 0 Å². The van der Waals surface area contributed by atoms with Gasteiger partial charge in [-0.1, -0.05) is 65.6 Å². The lowest BCUT2D eigenvalue weighted by atomic mass is 9.77. The Morgan fingerprint density at radius 1 is 1.14 bits per heavy atom. The van der Waals surface area contributed by atoms with E-state index < -0.39 is 30.1 Å². The molecule has 1 aliphatic carbocycles. The molecule has 1 fully saturated rings. The second kappa shape index (κ2) is 8.97. The maximum absolute atomic E-state index is 13.3. The van der Waals surface area contributed by atoms with Crippen molar-refractivity contribution in [3.63, 3.8) is 0 Å². The van der Waals surface area contributed by atoms with E-state index >= 15 is 0 Å². The van der Waals surface area contributed by atoms with E-state index in [2.05, 4.69) is 18.1 Å². The molecule has 3 unspecified atom stereocenters. The van der Waals surface area contributed by atoms with E-state index in [1.165, 1.54) is 4.31 Å². The van der Waals surface area contributed by atoms with Gasteiger partial charge in [0.2, 0.25) is 0 Å². The number of hydrogen-bond donors (Lipinski definition) is 2. The summed E-state index contributed by atoms with van der Waals surface area (Å²) in [5.41, 5.74) is 2.70. The summed E-state index contributed by atoms with van der Waals surface area (Å²) in [7, 11) is 0. The van der Waals surface area contributed by atoms with Crippen LogP contribution in [0.25, 0.3) is 0 Å². The van der Waals surface area contributed by atoms with Crippen molar-refractivity contribution < 1.29 is 18.0 Å². The van der Waals surface area contributed by atoms with Gasteiger partial charge in [-0.25, -0.2) is 9.10 Å². The molecule has 0 aliphatic heterocycles.